The number of nitrogens with zero attached hydrogens (tertiary/aromatic N) is 1. The number of halogens is 1. The quantitative estimate of drug-likeness (QED) is 0.846. The largest absolute Gasteiger partial charge is 0.338 e. The summed E-state index contributed by atoms with van der Waals surface area (Å²) in [5.41, 5.74) is 6.31. The summed E-state index contributed by atoms with van der Waals surface area (Å²) >= 11 is 0. The van der Waals surface area contributed by atoms with Gasteiger partial charge in [0, 0.05) is 24.7 Å². The Morgan fingerprint density at radius 1 is 1.39 bits per heavy atom. The van der Waals surface area contributed by atoms with Gasteiger partial charge in [-0.15, -0.1) is 12.4 Å². The molecule has 1 aliphatic rings. The van der Waals surface area contributed by atoms with Gasteiger partial charge in [0.1, 0.15) is 0 Å². The molecule has 130 valence electrons. The van der Waals surface area contributed by atoms with Crippen molar-refractivity contribution in [2.45, 2.75) is 31.2 Å². The number of nitrogens with two attached hydrogens (primary N) is 1. The molecular weight excluding hydrogens is 338 g/mol. The van der Waals surface area contributed by atoms with E-state index in [2.05, 4.69) is 4.72 Å². The molecule has 2 rings (SSSR count). The van der Waals surface area contributed by atoms with E-state index in [1.54, 1.807) is 17.0 Å². The molecule has 1 amide bonds. The lowest BCUT2D eigenvalue weighted by Gasteiger charge is -2.42. The van der Waals surface area contributed by atoms with Crippen molar-refractivity contribution in [2.24, 2.45) is 11.1 Å². The predicted molar refractivity (Wildman–Crippen MR) is 92.2 cm³/mol. The number of sulfonamides is 1. The fourth-order valence-corrected chi connectivity index (χ4v) is 3.42. The third-order valence-electron chi connectivity index (χ3n) is 4.26. The smallest absolute Gasteiger partial charge is 0.253 e. The number of carbonyl (C=O) groups is 1. The molecule has 1 unspecified atom stereocenters. The molecule has 0 aromatic heterocycles. The third-order valence-corrected chi connectivity index (χ3v) is 5.67. The second-order valence-electron chi connectivity index (χ2n) is 6.35. The second kappa shape index (κ2) is 7.17. The van der Waals surface area contributed by atoms with Crippen molar-refractivity contribution in [3.63, 3.8) is 0 Å². The molecular formula is C15H24ClN3O3S. The Bertz CT molecular complexity index is 676. The van der Waals surface area contributed by atoms with Gasteiger partial charge in [-0.25, -0.2) is 13.1 Å². The van der Waals surface area contributed by atoms with Crippen LogP contribution < -0.4 is 10.5 Å². The topological polar surface area (TPSA) is 92.5 Å². The van der Waals surface area contributed by atoms with Crippen molar-refractivity contribution >= 4 is 28.3 Å². The van der Waals surface area contributed by atoms with Gasteiger partial charge < -0.3 is 10.6 Å². The van der Waals surface area contributed by atoms with Gasteiger partial charge in [0.25, 0.3) is 5.91 Å². The zero-order chi connectivity index (χ0) is 16.5. The average molecular weight is 362 g/mol. The maximum absolute atomic E-state index is 12.6. The van der Waals surface area contributed by atoms with Crippen molar-refractivity contribution in [1.29, 1.82) is 0 Å². The van der Waals surface area contributed by atoms with Crippen molar-refractivity contribution < 1.29 is 13.2 Å². The van der Waals surface area contributed by atoms with Gasteiger partial charge >= 0.3 is 0 Å². The lowest BCUT2D eigenvalue weighted by Crippen LogP contribution is -2.54. The van der Waals surface area contributed by atoms with Gasteiger partial charge in [-0.2, -0.15) is 0 Å². The highest BCUT2D eigenvalue weighted by molar-refractivity contribution is 7.89. The van der Waals surface area contributed by atoms with Gasteiger partial charge in [-0.05, 0) is 37.1 Å². The van der Waals surface area contributed by atoms with Gasteiger partial charge in [0.15, 0.2) is 0 Å². The van der Waals surface area contributed by atoms with Gasteiger partial charge in [0.05, 0.1) is 4.90 Å². The van der Waals surface area contributed by atoms with Crippen molar-refractivity contribution in [3.05, 3.63) is 29.8 Å². The molecule has 0 aliphatic carbocycles. The van der Waals surface area contributed by atoms with Gasteiger partial charge in [-0.1, -0.05) is 19.9 Å². The molecule has 0 bridgehead atoms. The maximum Gasteiger partial charge on any atom is 0.253 e. The molecule has 1 atom stereocenters. The number of piperidine rings is 1. The van der Waals surface area contributed by atoms with Crippen LogP contribution >= 0.6 is 12.4 Å². The molecule has 6 nitrogen and oxygen atoms in total. The Balaban J connectivity index is 0.00000264. The maximum atomic E-state index is 12.6. The van der Waals surface area contributed by atoms with Crippen LogP contribution in [-0.2, 0) is 10.0 Å². The van der Waals surface area contributed by atoms with E-state index in [4.69, 9.17) is 5.73 Å². The lowest BCUT2D eigenvalue weighted by molar-refractivity contribution is 0.0533. The van der Waals surface area contributed by atoms with Crippen LogP contribution in [0.2, 0.25) is 0 Å². The normalized spacial score (nSPS) is 20.7. The zero-order valence-electron chi connectivity index (χ0n) is 13.6. The van der Waals surface area contributed by atoms with E-state index in [9.17, 15) is 13.2 Å². The molecule has 1 aromatic rings. The minimum absolute atomic E-state index is 0. The number of amides is 1. The third kappa shape index (κ3) is 4.23. The molecule has 1 heterocycles. The number of likely N-dealkylation sites (tertiary alicyclic amines) is 1. The summed E-state index contributed by atoms with van der Waals surface area (Å²) in [6.45, 7) is 5.24. The highest BCUT2D eigenvalue weighted by atomic mass is 35.5. The number of nitrogens with one attached hydrogen (secondary N) is 1. The summed E-state index contributed by atoms with van der Waals surface area (Å²) in [5.74, 6) is -0.159. The van der Waals surface area contributed by atoms with E-state index in [0.29, 0.717) is 18.7 Å². The molecule has 0 spiro atoms. The Kier molecular flexibility index (Phi) is 6.20. The van der Waals surface area contributed by atoms with Crippen molar-refractivity contribution in [3.8, 4) is 0 Å². The summed E-state index contributed by atoms with van der Waals surface area (Å²) in [5, 5.41) is 0. The molecule has 1 aromatic carbocycles. The number of carbonyl (C=O) groups excluding carboxylic acids is 1. The number of benzene rings is 1. The monoisotopic (exact) mass is 361 g/mol. The van der Waals surface area contributed by atoms with E-state index in [0.717, 1.165) is 6.42 Å². The van der Waals surface area contributed by atoms with Crippen LogP contribution in [-0.4, -0.2) is 45.4 Å². The molecule has 23 heavy (non-hydrogen) atoms. The van der Waals surface area contributed by atoms with E-state index < -0.39 is 10.0 Å². The standard InChI is InChI=1S/C15H23N3O3S.ClH/c1-15(2)10-18(8-7-13(15)16)14(19)11-5-4-6-12(9-11)22(20,21)17-3;/h4-6,9,13,17H,7-8,10,16H2,1-3H3;1H. The highest BCUT2D eigenvalue weighted by Gasteiger charge is 2.35. The molecule has 0 saturated carbocycles. The lowest BCUT2D eigenvalue weighted by atomic mass is 9.79. The summed E-state index contributed by atoms with van der Waals surface area (Å²) in [6.07, 6.45) is 0.743. The minimum Gasteiger partial charge on any atom is -0.338 e. The van der Waals surface area contributed by atoms with Gasteiger partial charge in [0.2, 0.25) is 10.0 Å². The average Bonchev–Trinajstić information content (AvgIpc) is 2.49. The van der Waals surface area contributed by atoms with Crippen molar-refractivity contribution in [2.75, 3.05) is 20.1 Å². The van der Waals surface area contributed by atoms with Crippen LogP contribution in [0.25, 0.3) is 0 Å². The fourth-order valence-electron chi connectivity index (χ4n) is 2.64. The minimum atomic E-state index is -3.56. The molecule has 3 N–H and O–H groups in total. The van der Waals surface area contributed by atoms with Crippen molar-refractivity contribution in [1.82, 2.24) is 9.62 Å². The number of rotatable bonds is 3. The first-order chi connectivity index (χ1) is 10.2. The Hall–Kier alpha value is -1.15. The van der Waals surface area contributed by atoms with Gasteiger partial charge in [-0.3, -0.25) is 4.79 Å². The van der Waals surface area contributed by atoms with Crippen LogP contribution in [0, 0.1) is 5.41 Å². The number of hydrogen-bond acceptors (Lipinski definition) is 4. The van der Waals surface area contributed by atoms with Crippen LogP contribution in [0.1, 0.15) is 30.6 Å². The summed E-state index contributed by atoms with van der Waals surface area (Å²) in [6, 6.07) is 6.16. The summed E-state index contributed by atoms with van der Waals surface area (Å²) in [4.78, 5) is 14.5. The van der Waals surface area contributed by atoms with Crippen LogP contribution in [0.3, 0.4) is 0 Å². The van der Waals surface area contributed by atoms with E-state index in [-0.39, 0.29) is 34.7 Å². The van der Waals surface area contributed by atoms with Crippen LogP contribution in [0.4, 0.5) is 0 Å². The molecule has 1 saturated heterocycles. The Morgan fingerprint density at radius 2 is 2.04 bits per heavy atom. The molecule has 1 aliphatic heterocycles. The SMILES string of the molecule is CNS(=O)(=O)c1cccc(C(=O)N2CCC(N)C(C)(C)C2)c1.Cl. The highest BCUT2D eigenvalue weighted by Crippen LogP contribution is 2.28. The summed E-state index contributed by atoms with van der Waals surface area (Å²) < 4.78 is 25.9. The fraction of sp³-hybridized carbons (Fsp3) is 0.533. The van der Waals surface area contributed by atoms with E-state index >= 15 is 0 Å². The Labute approximate surface area is 143 Å². The van der Waals surface area contributed by atoms with E-state index in [1.165, 1.54) is 19.2 Å². The Morgan fingerprint density at radius 3 is 2.61 bits per heavy atom. The predicted octanol–water partition coefficient (Wildman–Crippen LogP) is 1.22. The second-order valence-corrected chi connectivity index (χ2v) is 8.23. The number of hydrogen-bond donors (Lipinski definition) is 2. The molecule has 8 heteroatoms. The first-order valence-corrected chi connectivity index (χ1v) is 8.74. The first kappa shape index (κ1) is 19.9. The first-order valence-electron chi connectivity index (χ1n) is 7.26. The van der Waals surface area contributed by atoms with E-state index in [1.807, 2.05) is 13.8 Å². The van der Waals surface area contributed by atoms with Crippen LogP contribution in [0.5, 0.6) is 0 Å². The molecule has 1 fully saturated rings. The van der Waals surface area contributed by atoms with Crippen LogP contribution in [0.15, 0.2) is 29.2 Å². The summed E-state index contributed by atoms with van der Waals surface area (Å²) in [7, 11) is -2.21. The zero-order valence-corrected chi connectivity index (χ0v) is 15.2. The molecule has 0 radical (unpaired) electrons.